The quantitative estimate of drug-likeness (QED) is 0.583. The third-order valence-electron chi connectivity index (χ3n) is 5.05. The van der Waals surface area contributed by atoms with Gasteiger partial charge in [-0.1, -0.05) is 48.9 Å². The van der Waals surface area contributed by atoms with Gasteiger partial charge in [-0.05, 0) is 49.6 Å². The number of esters is 1. The lowest BCUT2D eigenvalue weighted by atomic mass is 9.69. The van der Waals surface area contributed by atoms with E-state index in [0.29, 0.717) is 11.4 Å². The van der Waals surface area contributed by atoms with Crippen molar-refractivity contribution >= 4 is 29.2 Å². The molecule has 2 aromatic carbocycles. The molecule has 26 heavy (non-hydrogen) atoms. The van der Waals surface area contributed by atoms with Crippen LogP contribution in [0.2, 0.25) is 5.02 Å². The van der Waals surface area contributed by atoms with Gasteiger partial charge in [-0.25, -0.2) is 4.79 Å². The molecule has 0 bridgehead atoms. The third kappa shape index (κ3) is 3.10. The molecule has 136 valence electrons. The molecule has 1 heterocycles. The summed E-state index contributed by atoms with van der Waals surface area (Å²) in [6, 6.07) is 15.4. The Bertz CT molecular complexity index is 833. The van der Waals surface area contributed by atoms with Gasteiger partial charge in [-0.2, -0.15) is 0 Å². The van der Waals surface area contributed by atoms with Crippen molar-refractivity contribution in [3.05, 3.63) is 64.7 Å². The van der Waals surface area contributed by atoms with E-state index in [-0.39, 0.29) is 18.1 Å². The van der Waals surface area contributed by atoms with Crippen molar-refractivity contribution in [1.29, 1.82) is 0 Å². The molecule has 4 nitrogen and oxygen atoms in total. The van der Waals surface area contributed by atoms with Crippen LogP contribution in [-0.4, -0.2) is 24.5 Å². The van der Waals surface area contributed by atoms with Crippen LogP contribution in [0.25, 0.3) is 0 Å². The van der Waals surface area contributed by atoms with Gasteiger partial charge in [0.15, 0.2) is 0 Å². The highest BCUT2D eigenvalue weighted by atomic mass is 35.5. The average molecular weight is 372 g/mol. The van der Waals surface area contributed by atoms with Gasteiger partial charge in [-0.15, -0.1) is 0 Å². The predicted octanol–water partition coefficient (Wildman–Crippen LogP) is 4.33. The van der Waals surface area contributed by atoms with E-state index in [2.05, 4.69) is 6.92 Å². The maximum Gasteiger partial charge on any atom is 0.397 e. The van der Waals surface area contributed by atoms with Gasteiger partial charge < -0.3 is 4.74 Å². The standard InChI is InChI=1S/C21H22ClNO3/c1-4-26-20(25)19(24)23-14(2)13-21(3,15-9-11-16(22)12-10-15)17-7-5-6-8-18(17)23/h5-12,14H,4,13H2,1-3H3/t14-,21+/m0/s1. The molecule has 0 saturated heterocycles. The number of benzene rings is 2. The second-order valence-electron chi connectivity index (χ2n) is 6.80. The Morgan fingerprint density at radius 3 is 2.50 bits per heavy atom. The first-order valence-electron chi connectivity index (χ1n) is 8.74. The Labute approximate surface area is 158 Å². The van der Waals surface area contributed by atoms with Crippen LogP contribution in [0.3, 0.4) is 0 Å². The summed E-state index contributed by atoms with van der Waals surface area (Å²) < 4.78 is 4.93. The summed E-state index contributed by atoms with van der Waals surface area (Å²) in [4.78, 5) is 26.3. The number of para-hydroxylation sites is 1. The Balaban J connectivity index is 2.09. The summed E-state index contributed by atoms with van der Waals surface area (Å²) in [5, 5.41) is 0.689. The largest absolute Gasteiger partial charge is 0.459 e. The Kier molecular flexibility index (Phi) is 5.05. The fourth-order valence-electron chi connectivity index (χ4n) is 3.87. The fourth-order valence-corrected chi connectivity index (χ4v) is 4.00. The number of hydrogen-bond donors (Lipinski definition) is 0. The Hall–Kier alpha value is -2.33. The summed E-state index contributed by atoms with van der Waals surface area (Å²) in [5.41, 5.74) is 2.61. The van der Waals surface area contributed by atoms with Gasteiger partial charge >= 0.3 is 11.9 Å². The molecule has 1 aliphatic rings. The number of halogens is 1. The first-order chi connectivity index (χ1) is 12.4. The molecule has 0 spiro atoms. The molecule has 0 saturated carbocycles. The zero-order chi connectivity index (χ0) is 18.9. The number of fused-ring (bicyclic) bond motifs is 1. The molecule has 0 aromatic heterocycles. The SMILES string of the molecule is CCOC(=O)C(=O)N1c2ccccc2[C@@](C)(c2ccc(Cl)cc2)C[C@@H]1C. The zero-order valence-electron chi connectivity index (χ0n) is 15.2. The summed E-state index contributed by atoms with van der Waals surface area (Å²) in [6.45, 7) is 5.99. The molecular formula is C21H22ClNO3. The minimum Gasteiger partial charge on any atom is -0.459 e. The number of hydrogen-bond acceptors (Lipinski definition) is 3. The highest BCUT2D eigenvalue weighted by molar-refractivity contribution is 6.38. The van der Waals surface area contributed by atoms with E-state index in [9.17, 15) is 9.59 Å². The summed E-state index contributed by atoms with van der Waals surface area (Å²) >= 11 is 6.05. The van der Waals surface area contributed by atoms with Crippen molar-refractivity contribution in [2.24, 2.45) is 0 Å². The smallest absolute Gasteiger partial charge is 0.397 e. The lowest BCUT2D eigenvalue weighted by Crippen LogP contribution is -2.50. The number of nitrogens with zero attached hydrogens (tertiary/aromatic N) is 1. The normalized spacial score (nSPS) is 21.8. The van der Waals surface area contributed by atoms with Crippen molar-refractivity contribution < 1.29 is 14.3 Å². The second kappa shape index (κ2) is 7.12. The van der Waals surface area contributed by atoms with Crippen LogP contribution in [-0.2, 0) is 19.7 Å². The molecular weight excluding hydrogens is 350 g/mol. The number of amides is 1. The number of rotatable bonds is 2. The molecule has 1 amide bonds. The molecule has 0 fully saturated rings. The van der Waals surface area contributed by atoms with Crippen LogP contribution in [0.4, 0.5) is 5.69 Å². The molecule has 0 radical (unpaired) electrons. The number of ether oxygens (including phenoxy) is 1. The molecule has 0 aliphatic carbocycles. The first kappa shape index (κ1) is 18.5. The van der Waals surface area contributed by atoms with Gasteiger partial charge in [0.2, 0.25) is 0 Å². The number of carbonyl (C=O) groups excluding carboxylic acids is 2. The van der Waals surface area contributed by atoms with Crippen LogP contribution < -0.4 is 4.90 Å². The van der Waals surface area contributed by atoms with E-state index >= 15 is 0 Å². The van der Waals surface area contributed by atoms with Crippen molar-refractivity contribution in [3.63, 3.8) is 0 Å². The molecule has 0 N–H and O–H groups in total. The minimum atomic E-state index is -0.816. The average Bonchev–Trinajstić information content (AvgIpc) is 2.62. The lowest BCUT2D eigenvalue weighted by Gasteiger charge is -2.45. The first-order valence-corrected chi connectivity index (χ1v) is 9.12. The predicted molar refractivity (Wildman–Crippen MR) is 103 cm³/mol. The Morgan fingerprint density at radius 1 is 1.19 bits per heavy atom. The molecule has 2 atom stereocenters. The highest BCUT2D eigenvalue weighted by Gasteiger charge is 2.43. The molecule has 3 rings (SSSR count). The topological polar surface area (TPSA) is 46.6 Å². The van der Waals surface area contributed by atoms with Gasteiger partial charge in [0.25, 0.3) is 0 Å². The minimum absolute atomic E-state index is 0.150. The molecule has 5 heteroatoms. The van der Waals surface area contributed by atoms with Crippen molar-refractivity contribution in [2.45, 2.75) is 38.6 Å². The van der Waals surface area contributed by atoms with Crippen LogP contribution in [0.1, 0.15) is 38.3 Å². The second-order valence-corrected chi connectivity index (χ2v) is 7.24. The summed E-state index contributed by atoms with van der Waals surface area (Å²) in [6.07, 6.45) is 0.691. The van der Waals surface area contributed by atoms with Gasteiger partial charge in [0.05, 0.1) is 6.61 Å². The maximum absolute atomic E-state index is 12.7. The molecule has 1 aliphatic heterocycles. The number of anilines is 1. The molecule has 2 aromatic rings. The van der Waals surface area contributed by atoms with E-state index in [1.165, 1.54) is 0 Å². The van der Waals surface area contributed by atoms with E-state index in [4.69, 9.17) is 16.3 Å². The third-order valence-corrected chi connectivity index (χ3v) is 5.30. The summed E-state index contributed by atoms with van der Waals surface area (Å²) in [5.74, 6) is -1.44. The zero-order valence-corrected chi connectivity index (χ0v) is 15.9. The van der Waals surface area contributed by atoms with E-state index in [1.54, 1.807) is 11.8 Å². The van der Waals surface area contributed by atoms with Gasteiger partial charge in [0.1, 0.15) is 0 Å². The van der Waals surface area contributed by atoms with Crippen LogP contribution in [0, 0.1) is 0 Å². The van der Waals surface area contributed by atoms with E-state index in [0.717, 1.165) is 16.8 Å². The lowest BCUT2D eigenvalue weighted by molar-refractivity contribution is -0.153. The highest BCUT2D eigenvalue weighted by Crippen LogP contribution is 2.46. The number of carbonyl (C=O) groups is 2. The monoisotopic (exact) mass is 371 g/mol. The van der Waals surface area contributed by atoms with E-state index < -0.39 is 11.9 Å². The van der Waals surface area contributed by atoms with Crippen LogP contribution in [0.5, 0.6) is 0 Å². The Morgan fingerprint density at radius 2 is 1.85 bits per heavy atom. The van der Waals surface area contributed by atoms with Crippen molar-refractivity contribution in [3.8, 4) is 0 Å². The van der Waals surface area contributed by atoms with Crippen molar-refractivity contribution in [1.82, 2.24) is 0 Å². The molecule has 0 unspecified atom stereocenters. The fraction of sp³-hybridized carbons (Fsp3) is 0.333. The van der Waals surface area contributed by atoms with E-state index in [1.807, 2.05) is 55.5 Å². The summed E-state index contributed by atoms with van der Waals surface area (Å²) in [7, 11) is 0. The maximum atomic E-state index is 12.7. The van der Waals surface area contributed by atoms with Crippen LogP contribution in [0.15, 0.2) is 48.5 Å². The van der Waals surface area contributed by atoms with Crippen LogP contribution >= 0.6 is 11.6 Å². The van der Waals surface area contributed by atoms with Gasteiger partial charge in [0, 0.05) is 22.2 Å². The van der Waals surface area contributed by atoms with Crippen molar-refractivity contribution in [2.75, 3.05) is 11.5 Å². The van der Waals surface area contributed by atoms with Gasteiger partial charge in [-0.3, -0.25) is 9.69 Å².